The van der Waals surface area contributed by atoms with Gasteiger partial charge < -0.3 is 9.47 Å². The number of carbonyl (C=O) groups is 2. The molecule has 0 rings (SSSR count). The molecule has 0 aliphatic rings. The van der Waals surface area contributed by atoms with Crippen LogP contribution < -0.4 is 0 Å². The number of aldehydes is 1. The smallest absolute Gasteiger partial charge is 0.334 e. The molecule has 0 aromatic carbocycles. The first kappa shape index (κ1) is 28.8. The van der Waals surface area contributed by atoms with Gasteiger partial charge in [0.2, 0.25) is 0 Å². The SMILES string of the molecule is C=C/C=C(\CC)C(=O)O[C@@H](C/C=C(C)/C=C(\C)[C@@H](OC)[C@@H](/C=C(/C)C=O)CC)C(C)C. The minimum atomic E-state index is -0.276. The van der Waals surface area contributed by atoms with Crippen LogP contribution in [0.15, 0.2) is 59.3 Å². The Morgan fingerprint density at radius 1 is 1.10 bits per heavy atom. The van der Waals surface area contributed by atoms with Gasteiger partial charge in [-0.05, 0) is 50.7 Å². The van der Waals surface area contributed by atoms with Crippen LogP contribution in [0.1, 0.15) is 67.7 Å². The van der Waals surface area contributed by atoms with Gasteiger partial charge in [0.05, 0.1) is 6.10 Å². The van der Waals surface area contributed by atoms with E-state index in [1.807, 2.05) is 33.8 Å². The molecule has 0 aliphatic carbocycles. The summed E-state index contributed by atoms with van der Waals surface area (Å²) in [4.78, 5) is 23.4. The number of esters is 1. The quantitative estimate of drug-likeness (QED) is 0.136. The number of allylic oxidation sites excluding steroid dienone is 5. The molecular weight excluding hydrogens is 388 g/mol. The molecule has 0 unspecified atom stereocenters. The maximum absolute atomic E-state index is 12.4. The van der Waals surface area contributed by atoms with Gasteiger partial charge in [0, 0.05) is 25.0 Å². The van der Waals surface area contributed by atoms with E-state index < -0.39 is 0 Å². The first-order valence-corrected chi connectivity index (χ1v) is 11.2. The Balaban J connectivity index is 5.45. The van der Waals surface area contributed by atoms with Crippen molar-refractivity contribution in [3.8, 4) is 0 Å². The predicted octanol–water partition coefficient (Wildman–Crippen LogP) is 6.55. The second-order valence-electron chi connectivity index (χ2n) is 8.30. The number of ether oxygens (including phenoxy) is 2. The summed E-state index contributed by atoms with van der Waals surface area (Å²) in [6, 6.07) is 0. The maximum atomic E-state index is 12.4. The third-order valence-electron chi connectivity index (χ3n) is 5.32. The van der Waals surface area contributed by atoms with Gasteiger partial charge in [-0.3, -0.25) is 4.79 Å². The van der Waals surface area contributed by atoms with E-state index in [9.17, 15) is 9.59 Å². The standard InChI is InChI=1S/C27H42O4/c1-10-13-23(11-2)27(29)31-25(19(4)5)15-14-20(6)16-22(8)26(30-9)24(12-3)17-21(7)18-28/h10,13-14,16-19,24-26H,1,11-12,15H2,2-9H3/b20-14+,21-17-,22-16+,23-13+/t24-,25+,26-/m1/s1. The van der Waals surface area contributed by atoms with Crippen LogP contribution in [0, 0.1) is 11.8 Å². The van der Waals surface area contributed by atoms with Crippen LogP contribution in [0.2, 0.25) is 0 Å². The number of hydrogen-bond donors (Lipinski definition) is 0. The summed E-state index contributed by atoms with van der Waals surface area (Å²) < 4.78 is 11.5. The molecule has 0 spiro atoms. The van der Waals surface area contributed by atoms with Crippen molar-refractivity contribution in [2.75, 3.05) is 7.11 Å². The molecule has 4 nitrogen and oxygen atoms in total. The molecule has 174 valence electrons. The fourth-order valence-electron chi connectivity index (χ4n) is 3.44. The molecule has 31 heavy (non-hydrogen) atoms. The average molecular weight is 431 g/mol. The van der Waals surface area contributed by atoms with Crippen molar-refractivity contribution in [3.05, 3.63) is 59.3 Å². The molecule has 0 saturated heterocycles. The van der Waals surface area contributed by atoms with Crippen LogP contribution in [0.3, 0.4) is 0 Å². The molecule has 0 saturated carbocycles. The molecule has 0 aromatic rings. The van der Waals surface area contributed by atoms with E-state index in [4.69, 9.17) is 9.47 Å². The van der Waals surface area contributed by atoms with Gasteiger partial charge in [-0.15, -0.1) is 0 Å². The van der Waals surface area contributed by atoms with Crippen molar-refractivity contribution in [1.29, 1.82) is 0 Å². The lowest BCUT2D eigenvalue weighted by molar-refractivity contribution is -0.146. The largest absolute Gasteiger partial charge is 0.458 e. The van der Waals surface area contributed by atoms with Crippen molar-refractivity contribution in [1.82, 2.24) is 0 Å². The van der Waals surface area contributed by atoms with Gasteiger partial charge in [0.1, 0.15) is 12.4 Å². The van der Waals surface area contributed by atoms with Crippen LogP contribution in [0.5, 0.6) is 0 Å². The zero-order valence-electron chi connectivity index (χ0n) is 20.7. The Bertz CT molecular complexity index is 707. The molecule has 0 N–H and O–H groups in total. The summed E-state index contributed by atoms with van der Waals surface area (Å²) in [7, 11) is 1.70. The summed E-state index contributed by atoms with van der Waals surface area (Å²) in [5, 5.41) is 0. The monoisotopic (exact) mass is 430 g/mol. The highest BCUT2D eigenvalue weighted by Crippen LogP contribution is 2.23. The van der Waals surface area contributed by atoms with E-state index in [1.54, 1.807) is 19.3 Å². The van der Waals surface area contributed by atoms with Crippen LogP contribution in [0.25, 0.3) is 0 Å². The van der Waals surface area contributed by atoms with Crippen molar-refractivity contribution in [2.45, 2.75) is 79.9 Å². The summed E-state index contributed by atoms with van der Waals surface area (Å²) in [5.74, 6) is 0.0572. The summed E-state index contributed by atoms with van der Waals surface area (Å²) in [6.45, 7) is 17.7. The number of rotatable bonds is 14. The predicted molar refractivity (Wildman–Crippen MR) is 130 cm³/mol. The van der Waals surface area contributed by atoms with E-state index in [2.05, 4.69) is 39.5 Å². The lowest BCUT2D eigenvalue weighted by atomic mass is 9.91. The molecule has 0 heterocycles. The minimum absolute atomic E-state index is 0.0990. The first-order chi connectivity index (χ1) is 14.6. The summed E-state index contributed by atoms with van der Waals surface area (Å²) >= 11 is 0. The second kappa shape index (κ2) is 15.6. The lowest BCUT2D eigenvalue weighted by Gasteiger charge is -2.24. The van der Waals surface area contributed by atoms with E-state index in [1.165, 1.54) is 0 Å². The highest BCUT2D eigenvalue weighted by Gasteiger charge is 2.21. The van der Waals surface area contributed by atoms with Crippen LogP contribution in [-0.2, 0) is 19.1 Å². The van der Waals surface area contributed by atoms with Gasteiger partial charge in [0.25, 0.3) is 0 Å². The second-order valence-corrected chi connectivity index (χ2v) is 8.30. The van der Waals surface area contributed by atoms with Gasteiger partial charge in [-0.1, -0.05) is 70.2 Å². The van der Waals surface area contributed by atoms with E-state index in [0.717, 1.165) is 23.9 Å². The molecular formula is C27H42O4. The van der Waals surface area contributed by atoms with E-state index >= 15 is 0 Å². The molecule has 0 radical (unpaired) electrons. The summed E-state index contributed by atoms with van der Waals surface area (Å²) in [5.41, 5.74) is 3.53. The van der Waals surface area contributed by atoms with E-state index in [0.29, 0.717) is 24.0 Å². The summed E-state index contributed by atoms with van der Waals surface area (Å²) in [6.07, 6.45) is 12.2. The molecule has 0 fully saturated rings. The topological polar surface area (TPSA) is 52.6 Å². The lowest BCUT2D eigenvalue weighted by Crippen LogP contribution is -2.24. The van der Waals surface area contributed by atoms with Crippen LogP contribution in [0.4, 0.5) is 0 Å². The Hall–Kier alpha value is -2.20. The normalized spacial score (nSPS) is 16.7. The third kappa shape index (κ3) is 10.6. The number of carbonyl (C=O) groups excluding carboxylic acids is 2. The molecule has 3 atom stereocenters. The van der Waals surface area contributed by atoms with Crippen molar-refractivity contribution in [3.63, 3.8) is 0 Å². The van der Waals surface area contributed by atoms with Gasteiger partial charge in [-0.25, -0.2) is 4.79 Å². The first-order valence-electron chi connectivity index (χ1n) is 11.2. The fourth-order valence-corrected chi connectivity index (χ4v) is 3.44. The molecule has 4 heteroatoms. The Morgan fingerprint density at radius 3 is 2.19 bits per heavy atom. The Labute approximate surface area is 189 Å². The highest BCUT2D eigenvalue weighted by molar-refractivity contribution is 5.88. The molecule has 0 aromatic heterocycles. The highest BCUT2D eigenvalue weighted by atomic mass is 16.5. The van der Waals surface area contributed by atoms with E-state index in [-0.39, 0.29) is 30.0 Å². The Kier molecular flexibility index (Phi) is 14.5. The molecule has 0 amide bonds. The average Bonchev–Trinajstić information content (AvgIpc) is 2.73. The maximum Gasteiger partial charge on any atom is 0.334 e. The molecule has 0 aliphatic heterocycles. The number of hydrogen-bond acceptors (Lipinski definition) is 4. The fraction of sp³-hybridized carbons (Fsp3) is 0.556. The van der Waals surface area contributed by atoms with Crippen molar-refractivity contribution >= 4 is 12.3 Å². The molecule has 0 bridgehead atoms. The minimum Gasteiger partial charge on any atom is -0.458 e. The Morgan fingerprint density at radius 2 is 1.74 bits per heavy atom. The number of methoxy groups -OCH3 is 1. The van der Waals surface area contributed by atoms with Crippen LogP contribution >= 0.6 is 0 Å². The zero-order valence-corrected chi connectivity index (χ0v) is 20.7. The van der Waals surface area contributed by atoms with Gasteiger partial charge in [-0.2, -0.15) is 0 Å². The van der Waals surface area contributed by atoms with Gasteiger partial charge >= 0.3 is 5.97 Å². The van der Waals surface area contributed by atoms with Crippen molar-refractivity contribution < 1.29 is 19.1 Å². The zero-order chi connectivity index (χ0) is 24.0. The van der Waals surface area contributed by atoms with Crippen LogP contribution in [-0.4, -0.2) is 31.6 Å². The van der Waals surface area contributed by atoms with Crippen molar-refractivity contribution in [2.24, 2.45) is 11.8 Å². The van der Waals surface area contributed by atoms with Gasteiger partial charge in [0.15, 0.2) is 0 Å². The third-order valence-corrected chi connectivity index (χ3v) is 5.32.